The van der Waals surface area contributed by atoms with E-state index in [1.54, 1.807) is 6.20 Å². The number of aromatic nitrogens is 3. The van der Waals surface area contributed by atoms with Gasteiger partial charge in [0, 0.05) is 40.6 Å². The van der Waals surface area contributed by atoms with E-state index < -0.39 is 0 Å². The van der Waals surface area contributed by atoms with Crippen LogP contribution < -0.4 is 10.6 Å². The summed E-state index contributed by atoms with van der Waals surface area (Å²) in [4.78, 5) is 21.8. The van der Waals surface area contributed by atoms with Crippen LogP contribution in [0, 0.1) is 0 Å². The number of pyridine rings is 3. The highest BCUT2D eigenvalue weighted by Crippen LogP contribution is 2.42. The summed E-state index contributed by atoms with van der Waals surface area (Å²) in [6.45, 7) is 12.9. The standard InChI is InChI=1S/C30H28ClN5.C2H6.CH2O/c1-30(2,3)36-23-16-21(17-32-18-23)26-25-14-9-13-24(20-10-5-4-6-11-20)27(25)29(35-28(26)31)34-19-22-12-7-8-15-33-22;2*1-2/h4-18,36H,19H2,1-3H3,(H,34,35);1-2H3;1H2. The number of nitrogens with zero attached hydrogens (tertiary/aromatic N) is 3. The van der Waals surface area contributed by atoms with E-state index in [0.29, 0.717) is 11.7 Å². The van der Waals surface area contributed by atoms with E-state index in [1.807, 2.05) is 69.4 Å². The van der Waals surface area contributed by atoms with E-state index in [-0.39, 0.29) is 5.54 Å². The third-order valence-electron chi connectivity index (χ3n) is 5.78. The molecule has 0 amide bonds. The Labute approximate surface area is 241 Å². The summed E-state index contributed by atoms with van der Waals surface area (Å²) < 4.78 is 0. The predicted octanol–water partition coefficient (Wildman–Crippen LogP) is 8.68. The van der Waals surface area contributed by atoms with Gasteiger partial charge in [-0.3, -0.25) is 9.97 Å². The van der Waals surface area contributed by atoms with E-state index in [2.05, 4.69) is 77.8 Å². The molecule has 0 radical (unpaired) electrons. The van der Waals surface area contributed by atoms with Crippen LogP contribution in [0.2, 0.25) is 5.15 Å². The Morgan fingerprint density at radius 1 is 0.875 bits per heavy atom. The van der Waals surface area contributed by atoms with Gasteiger partial charge < -0.3 is 15.4 Å². The van der Waals surface area contributed by atoms with Crippen molar-refractivity contribution in [1.29, 1.82) is 0 Å². The Balaban J connectivity index is 0.00000106. The first kappa shape index (κ1) is 30.3. The van der Waals surface area contributed by atoms with Crippen molar-refractivity contribution in [3.05, 3.63) is 102 Å². The Hall–Kier alpha value is -4.29. The molecule has 0 bridgehead atoms. The summed E-state index contributed by atoms with van der Waals surface area (Å²) in [5, 5.41) is 9.43. The van der Waals surface area contributed by atoms with Gasteiger partial charge in [0.05, 0.1) is 17.9 Å². The molecule has 3 heterocycles. The molecule has 2 aromatic carbocycles. The second-order valence-corrected chi connectivity index (χ2v) is 10.1. The first-order valence-electron chi connectivity index (χ1n) is 13.2. The molecule has 5 aromatic rings. The summed E-state index contributed by atoms with van der Waals surface area (Å²) >= 11 is 6.89. The lowest BCUT2D eigenvalue weighted by Crippen LogP contribution is -2.26. The van der Waals surface area contributed by atoms with Crippen LogP contribution >= 0.6 is 11.6 Å². The fourth-order valence-electron chi connectivity index (χ4n) is 4.35. The zero-order valence-corrected chi connectivity index (χ0v) is 24.5. The smallest absolute Gasteiger partial charge is 0.140 e. The first-order valence-corrected chi connectivity index (χ1v) is 13.6. The molecule has 40 heavy (non-hydrogen) atoms. The maximum absolute atomic E-state index is 8.00. The van der Waals surface area contributed by atoms with Crippen molar-refractivity contribution in [1.82, 2.24) is 15.0 Å². The van der Waals surface area contributed by atoms with Crippen LogP contribution in [0.1, 0.15) is 40.3 Å². The zero-order chi connectivity index (χ0) is 29.1. The Bertz CT molecular complexity index is 1520. The average molecular weight is 554 g/mol. The van der Waals surface area contributed by atoms with Gasteiger partial charge >= 0.3 is 0 Å². The van der Waals surface area contributed by atoms with Gasteiger partial charge in [0.2, 0.25) is 0 Å². The van der Waals surface area contributed by atoms with Crippen LogP contribution in [0.3, 0.4) is 0 Å². The summed E-state index contributed by atoms with van der Waals surface area (Å²) in [5.41, 5.74) is 5.73. The lowest BCUT2D eigenvalue weighted by atomic mass is 9.94. The van der Waals surface area contributed by atoms with Crippen molar-refractivity contribution in [2.75, 3.05) is 10.6 Å². The minimum absolute atomic E-state index is 0.0931. The molecule has 0 saturated heterocycles. The van der Waals surface area contributed by atoms with Crippen molar-refractivity contribution < 1.29 is 4.79 Å². The van der Waals surface area contributed by atoms with Gasteiger partial charge in [0.15, 0.2) is 0 Å². The Kier molecular flexibility index (Phi) is 10.7. The third-order valence-corrected chi connectivity index (χ3v) is 6.05. The Morgan fingerprint density at radius 3 is 2.27 bits per heavy atom. The molecule has 3 aromatic heterocycles. The van der Waals surface area contributed by atoms with E-state index in [4.69, 9.17) is 21.4 Å². The number of benzene rings is 2. The fraction of sp³-hybridized carbons (Fsp3) is 0.212. The highest BCUT2D eigenvalue weighted by molar-refractivity contribution is 6.34. The molecule has 0 fully saturated rings. The molecule has 0 saturated carbocycles. The van der Waals surface area contributed by atoms with Crippen LogP contribution in [0.15, 0.2) is 91.4 Å². The van der Waals surface area contributed by atoms with Gasteiger partial charge in [-0.15, -0.1) is 0 Å². The summed E-state index contributed by atoms with van der Waals surface area (Å²) in [6.07, 6.45) is 5.46. The van der Waals surface area contributed by atoms with Crippen LogP contribution in [0.5, 0.6) is 0 Å². The molecule has 2 N–H and O–H groups in total. The van der Waals surface area contributed by atoms with Gasteiger partial charge in [-0.2, -0.15) is 0 Å². The monoisotopic (exact) mass is 553 g/mol. The van der Waals surface area contributed by atoms with E-state index >= 15 is 0 Å². The summed E-state index contributed by atoms with van der Waals surface area (Å²) in [5.74, 6) is 0.723. The predicted molar refractivity (Wildman–Crippen MR) is 169 cm³/mol. The number of hydrogen-bond donors (Lipinski definition) is 2. The van der Waals surface area contributed by atoms with Gasteiger partial charge in [0.25, 0.3) is 0 Å². The second-order valence-electron chi connectivity index (χ2n) is 9.73. The normalized spacial score (nSPS) is 10.6. The lowest BCUT2D eigenvalue weighted by molar-refractivity contribution is -0.0980. The van der Waals surface area contributed by atoms with Crippen molar-refractivity contribution in [3.63, 3.8) is 0 Å². The number of carbonyl (C=O) groups excluding carboxylic acids is 1. The molecule has 0 unspecified atom stereocenters. The molecule has 0 aliphatic carbocycles. The number of fused-ring (bicyclic) bond motifs is 1. The van der Waals surface area contributed by atoms with E-state index in [9.17, 15) is 0 Å². The zero-order valence-electron chi connectivity index (χ0n) is 23.7. The van der Waals surface area contributed by atoms with Crippen LogP contribution in [0.4, 0.5) is 11.5 Å². The van der Waals surface area contributed by atoms with Crippen molar-refractivity contribution in [3.8, 4) is 22.3 Å². The van der Waals surface area contributed by atoms with Gasteiger partial charge in [-0.05, 0) is 55.5 Å². The number of anilines is 2. The van der Waals surface area contributed by atoms with E-state index in [1.165, 1.54) is 0 Å². The first-order chi connectivity index (χ1) is 19.4. The van der Waals surface area contributed by atoms with Crippen LogP contribution in [-0.2, 0) is 11.3 Å². The third kappa shape index (κ3) is 7.42. The molecule has 0 spiro atoms. The number of carbonyl (C=O) groups is 1. The van der Waals surface area contributed by atoms with Crippen molar-refractivity contribution in [2.24, 2.45) is 0 Å². The topological polar surface area (TPSA) is 79.8 Å². The SMILES string of the molecule is C=O.CC.CC(C)(C)Nc1cncc(-c2c(Cl)nc(NCc3ccccn3)c3c(-c4ccccc4)cccc23)c1. The fourth-order valence-corrected chi connectivity index (χ4v) is 4.65. The summed E-state index contributed by atoms with van der Waals surface area (Å²) in [6, 6.07) is 24.6. The highest BCUT2D eigenvalue weighted by Gasteiger charge is 2.19. The molecular weight excluding hydrogens is 518 g/mol. The molecule has 0 aliphatic rings. The minimum Gasteiger partial charge on any atom is -0.379 e. The maximum Gasteiger partial charge on any atom is 0.140 e. The maximum atomic E-state index is 8.00. The average Bonchev–Trinajstić information content (AvgIpc) is 2.98. The second kappa shape index (κ2) is 14.2. The number of halogens is 1. The number of rotatable bonds is 6. The van der Waals surface area contributed by atoms with Crippen molar-refractivity contribution >= 4 is 40.7 Å². The van der Waals surface area contributed by atoms with Gasteiger partial charge in [-0.25, -0.2) is 4.98 Å². The van der Waals surface area contributed by atoms with Gasteiger partial charge in [-0.1, -0.05) is 80.0 Å². The largest absolute Gasteiger partial charge is 0.379 e. The molecule has 6 nitrogen and oxygen atoms in total. The quantitative estimate of drug-likeness (QED) is 0.205. The van der Waals surface area contributed by atoms with Crippen molar-refractivity contribution in [2.45, 2.75) is 46.7 Å². The van der Waals surface area contributed by atoms with Crippen LogP contribution in [0.25, 0.3) is 33.0 Å². The molecular formula is C33H36ClN5O. The molecule has 206 valence electrons. The molecule has 0 atom stereocenters. The Morgan fingerprint density at radius 2 is 1.60 bits per heavy atom. The number of nitrogens with one attached hydrogen (secondary N) is 2. The molecule has 5 rings (SSSR count). The molecule has 7 heteroatoms. The van der Waals surface area contributed by atoms with Gasteiger partial charge in [0.1, 0.15) is 17.8 Å². The lowest BCUT2D eigenvalue weighted by Gasteiger charge is -2.22. The minimum atomic E-state index is -0.0931. The number of hydrogen-bond acceptors (Lipinski definition) is 6. The summed E-state index contributed by atoms with van der Waals surface area (Å²) in [7, 11) is 0. The molecule has 0 aliphatic heterocycles. The van der Waals surface area contributed by atoms with Crippen LogP contribution in [-0.4, -0.2) is 27.3 Å². The highest BCUT2D eigenvalue weighted by atomic mass is 35.5. The van der Waals surface area contributed by atoms with E-state index in [0.717, 1.165) is 50.2 Å².